The standard InChI is InChI=1S/C14H21N3O2/c1-10-5-3-7-15-12(10)13(18)17-9-11-6-4-8-16-14(11)19-2/h4,6,8,10,12,15H,3,5,7,9H2,1-2H3,(H,17,18). The summed E-state index contributed by atoms with van der Waals surface area (Å²) in [6.45, 7) is 3.47. The lowest BCUT2D eigenvalue weighted by molar-refractivity contribution is -0.125. The van der Waals surface area contributed by atoms with E-state index in [2.05, 4.69) is 22.5 Å². The molecule has 1 saturated heterocycles. The number of rotatable bonds is 4. The Kier molecular flexibility index (Phi) is 4.74. The predicted molar refractivity (Wildman–Crippen MR) is 72.8 cm³/mol. The number of carbonyl (C=O) groups excluding carboxylic acids is 1. The summed E-state index contributed by atoms with van der Waals surface area (Å²) >= 11 is 0. The Bertz CT molecular complexity index is 436. The monoisotopic (exact) mass is 263 g/mol. The maximum absolute atomic E-state index is 12.1. The Morgan fingerprint density at radius 1 is 1.63 bits per heavy atom. The zero-order valence-corrected chi connectivity index (χ0v) is 11.5. The summed E-state index contributed by atoms with van der Waals surface area (Å²) in [4.78, 5) is 16.3. The Morgan fingerprint density at radius 3 is 3.21 bits per heavy atom. The van der Waals surface area contributed by atoms with Gasteiger partial charge in [0.2, 0.25) is 11.8 Å². The molecule has 0 aliphatic carbocycles. The minimum absolute atomic E-state index is 0.0538. The van der Waals surface area contributed by atoms with Crippen LogP contribution in [-0.4, -0.2) is 30.6 Å². The van der Waals surface area contributed by atoms with Gasteiger partial charge in [-0.15, -0.1) is 0 Å². The lowest BCUT2D eigenvalue weighted by Gasteiger charge is -2.29. The lowest BCUT2D eigenvalue weighted by Crippen LogP contribution is -2.50. The lowest BCUT2D eigenvalue weighted by atomic mass is 9.92. The van der Waals surface area contributed by atoms with Gasteiger partial charge in [0.15, 0.2) is 0 Å². The van der Waals surface area contributed by atoms with Gasteiger partial charge in [0.05, 0.1) is 13.2 Å². The second-order valence-electron chi connectivity index (χ2n) is 4.94. The van der Waals surface area contributed by atoms with Crippen LogP contribution in [-0.2, 0) is 11.3 Å². The molecule has 1 aromatic heterocycles. The summed E-state index contributed by atoms with van der Waals surface area (Å²) in [5.41, 5.74) is 0.891. The molecule has 19 heavy (non-hydrogen) atoms. The minimum atomic E-state index is -0.0867. The molecule has 2 unspecified atom stereocenters. The fourth-order valence-corrected chi connectivity index (χ4v) is 2.44. The Hall–Kier alpha value is -1.62. The number of amides is 1. The minimum Gasteiger partial charge on any atom is -0.481 e. The van der Waals surface area contributed by atoms with Gasteiger partial charge in [-0.05, 0) is 31.4 Å². The van der Waals surface area contributed by atoms with Gasteiger partial charge in [-0.25, -0.2) is 4.98 Å². The second kappa shape index (κ2) is 6.52. The average Bonchev–Trinajstić information content (AvgIpc) is 2.45. The van der Waals surface area contributed by atoms with Gasteiger partial charge in [-0.3, -0.25) is 4.79 Å². The van der Waals surface area contributed by atoms with Gasteiger partial charge < -0.3 is 15.4 Å². The fraction of sp³-hybridized carbons (Fsp3) is 0.571. The summed E-state index contributed by atoms with van der Waals surface area (Å²) in [5, 5.41) is 6.23. The van der Waals surface area contributed by atoms with Crippen molar-refractivity contribution in [1.29, 1.82) is 0 Å². The quantitative estimate of drug-likeness (QED) is 0.853. The van der Waals surface area contributed by atoms with Gasteiger partial charge in [0.1, 0.15) is 0 Å². The van der Waals surface area contributed by atoms with Crippen molar-refractivity contribution in [3.63, 3.8) is 0 Å². The number of hydrogen-bond donors (Lipinski definition) is 2. The molecule has 0 bridgehead atoms. The van der Waals surface area contributed by atoms with Crippen LogP contribution in [0.1, 0.15) is 25.3 Å². The van der Waals surface area contributed by atoms with E-state index in [4.69, 9.17) is 4.74 Å². The third-order valence-corrected chi connectivity index (χ3v) is 3.55. The maximum atomic E-state index is 12.1. The van der Waals surface area contributed by atoms with E-state index in [1.54, 1.807) is 13.3 Å². The van der Waals surface area contributed by atoms with Crippen molar-refractivity contribution < 1.29 is 9.53 Å². The number of nitrogens with zero attached hydrogens (tertiary/aromatic N) is 1. The van der Waals surface area contributed by atoms with E-state index in [1.165, 1.54) is 0 Å². The first-order chi connectivity index (χ1) is 9.22. The highest BCUT2D eigenvalue weighted by Gasteiger charge is 2.27. The molecule has 0 radical (unpaired) electrons. The van der Waals surface area contributed by atoms with Crippen LogP contribution in [0.15, 0.2) is 18.3 Å². The van der Waals surface area contributed by atoms with Crippen LogP contribution in [0, 0.1) is 5.92 Å². The number of aromatic nitrogens is 1. The van der Waals surface area contributed by atoms with Crippen LogP contribution >= 0.6 is 0 Å². The number of ether oxygens (including phenoxy) is 1. The van der Waals surface area contributed by atoms with E-state index in [1.807, 2.05) is 12.1 Å². The SMILES string of the molecule is COc1ncccc1CNC(=O)C1NCCCC1C. The van der Waals surface area contributed by atoms with E-state index in [9.17, 15) is 4.79 Å². The van der Waals surface area contributed by atoms with Crippen molar-refractivity contribution in [2.24, 2.45) is 5.92 Å². The largest absolute Gasteiger partial charge is 0.481 e. The summed E-state index contributed by atoms with van der Waals surface area (Å²) in [7, 11) is 1.58. The number of hydrogen-bond acceptors (Lipinski definition) is 4. The van der Waals surface area contributed by atoms with E-state index < -0.39 is 0 Å². The van der Waals surface area contributed by atoms with Crippen molar-refractivity contribution in [1.82, 2.24) is 15.6 Å². The zero-order valence-electron chi connectivity index (χ0n) is 11.5. The van der Waals surface area contributed by atoms with Gasteiger partial charge in [-0.1, -0.05) is 13.0 Å². The normalized spacial score (nSPS) is 22.8. The maximum Gasteiger partial charge on any atom is 0.237 e. The van der Waals surface area contributed by atoms with Crippen molar-refractivity contribution in [2.75, 3.05) is 13.7 Å². The van der Waals surface area contributed by atoms with Crippen LogP contribution in [0.25, 0.3) is 0 Å². The molecule has 2 atom stereocenters. The summed E-state index contributed by atoms with van der Waals surface area (Å²) < 4.78 is 5.17. The van der Waals surface area contributed by atoms with E-state index in [0.29, 0.717) is 18.3 Å². The van der Waals surface area contributed by atoms with Gasteiger partial charge >= 0.3 is 0 Å². The van der Waals surface area contributed by atoms with Gasteiger partial charge in [0, 0.05) is 18.3 Å². The molecular weight excluding hydrogens is 242 g/mol. The zero-order chi connectivity index (χ0) is 13.7. The molecule has 1 amide bonds. The number of methoxy groups -OCH3 is 1. The molecule has 1 fully saturated rings. The van der Waals surface area contributed by atoms with Gasteiger partial charge in [-0.2, -0.15) is 0 Å². The summed E-state index contributed by atoms with van der Waals surface area (Å²) in [6, 6.07) is 3.66. The Labute approximate surface area is 113 Å². The van der Waals surface area contributed by atoms with E-state index in [-0.39, 0.29) is 11.9 Å². The highest BCUT2D eigenvalue weighted by atomic mass is 16.5. The molecule has 1 aliphatic heterocycles. The molecule has 2 rings (SSSR count). The first-order valence-corrected chi connectivity index (χ1v) is 6.71. The van der Waals surface area contributed by atoms with Crippen molar-refractivity contribution >= 4 is 5.91 Å². The number of pyridine rings is 1. The van der Waals surface area contributed by atoms with E-state index in [0.717, 1.165) is 24.9 Å². The second-order valence-corrected chi connectivity index (χ2v) is 4.94. The van der Waals surface area contributed by atoms with Crippen LogP contribution in [0.2, 0.25) is 0 Å². The van der Waals surface area contributed by atoms with Crippen LogP contribution in [0.3, 0.4) is 0 Å². The molecule has 2 N–H and O–H groups in total. The van der Waals surface area contributed by atoms with Crippen molar-refractivity contribution in [2.45, 2.75) is 32.4 Å². The highest BCUT2D eigenvalue weighted by molar-refractivity contribution is 5.82. The molecule has 0 spiro atoms. The third-order valence-electron chi connectivity index (χ3n) is 3.55. The average molecular weight is 263 g/mol. The van der Waals surface area contributed by atoms with Crippen LogP contribution < -0.4 is 15.4 Å². The number of piperidine rings is 1. The smallest absolute Gasteiger partial charge is 0.237 e. The molecule has 1 aliphatic rings. The molecule has 0 aromatic carbocycles. The molecule has 2 heterocycles. The first-order valence-electron chi connectivity index (χ1n) is 6.71. The Morgan fingerprint density at radius 2 is 2.47 bits per heavy atom. The number of carbonyl (C=O) groups is 1. The van der Waals surface area contributed by atoms with Crippen molar-refractivity contribution in [3.05, 3.63) is 23.9 Å². The Balaban J connectivity index is 1.92. The highest BCUT2D eigenvalue weighted by Crippen LogP contribution is 2.16. The summed E-state index contributed by atoms with van der Waals surface area (Å²) in [6.07, 6.45) is 3.91. The summed E-state index contributed by atoms with van der Waals surface area (Å²) in [5.74, 6) is 0.995. The molecule has 1 aromatic rings. The molecule has 0 saturated carbocycles. The molecule has 5 nitrogen and oxygen atoms in total. The van der Waals surface area contributed by atoms with Crippen LogP contribution in [0.4, 0.5) is 0 Å². The third kappa shape index (κ3) is 3.44. The molecule has 5 heteroatoms. The fourth-order valence-electron chi connectivity index (χ4n) is 2.44. The van der Waals surface area contributed by atoms with Gasteiger partial charge in [0.25, 0.3) is 0 Å². The number of nitrogens with one attached hydrogen (secondary N) is 2. The van der Waals surface area contributed by atoms with Crippen molar-refractivity contribution in [3.8, 4) is 5.88 Å². The topological polar surface area (TPSA) is 63.2 Å². The molecule has 104 valence electrons. The van der Waals surface area contributed by atoms with E-state index >= 15 is 0 Å². The predicted octanol–water partition coefficient (Wildman–Crippen LogP) is 1.09. The molecular formula is C14H21N3O2. The van der Waals surface area contributed by atoms with Crippen LogP contribution in [0.5, 0.6) is 5.88 Å². The first kappa shape index (κ1) is 13.8.